The van der Waals surface area contributed by atoms with Crippen molar-refractivity contribution in [2.75, 3.05) is 19.0 Å². The smallest absolute Gasteiger partial charge is 0.251 e. The highest BCUT2D eigenvalue weighted by Crippen LogP contribution is 2.38. The maximum Gasteiger partial charge on any atom is 0.251 e. The molecule has 1 saturated carbocycles. The molecule has 1 N–H and O–H groups in total. The number of amides is 1. The molecule has 3 rings (SSSR count). The van der Waals surface area contributed by atoms with Crippen LogP contribution in [0.1, 0.15) is 41.6 Å². The largest absolute Gasteiger partial charge is 0.378 e. The number of rotatable bonds is 4. The second-order valence-corrected chi connectivity index (χ2v) is 6.55. The first-order valence-corrected chi connectivity index (χ1v) is 8.26. The molecule has 1 amide bonds. The number of nitrogens with one attached hydrogen (secondary N) is 1. The van der Waals surface area contributed by atoms with E-state index in [0.717, 1.165) is 36.9 Å². The van der Waals surface area contributed by atoms with E-state index in [0.29, 0.717) is 0 Å². The van der Waals surface area contributed by atoms with Gasteiger partial charge in [-0.15, -0.1) is 0 Å². The Bertz CT molecular complexity index is 656. The Labute approximate surface area is 138 Å². The Hall–Kier alpha value is -2.29. The third-order valence-electron chi connectivity index (χ3n) is 4.78. The Morgan fingerprint density at radius 3 is 2.13 bits per heavy atom. The van der Waals surface area contributed by atoms with Crippen LogP contribution in [0.15, 0.2) is 54.6 Å². The summed E-state index contributed by atoms with van der Waals surface area (Å²) in [6, 6.07) is 18.1. The molecule has 0 saturated heterocycles. The Balaban J connectivity index is 1.82. The molecule has 0 bridgehead atoms. The molecule has 0 radical (unpaired) electrons. The van der Waals surface area contributed by atoms with Gasteiger partial charge in [-0.1, -0.05) is 43.2 Å². The molecule has 1 fully saturated rings. The van der Waals surface area contributed by atoms with E-state index in [-0.39, 0.29) is 11.4 Å². The first kappa shape index (κ1) is 15.6. The van der Waals surface area contributed by atoms with Crippen molar-refractivity contribution in [3.05, 3.63) is 65.7 Å². The zero-order chi connectivity index (χ0) is 16.3. The van der Waals surface area contributed by atoms with Gasteiger partial charge < -0.3 is 10.2 Å². The summed E-state index contributed by atoms with van der Waals surface area (Å²) in [5.74, 6) is 0.0149. The lowest BCUT2D eigenvalue weighted by atomic mass is 9.88. The zero-order valence-corrected chi connectivity index (χ0v) is 13.9. The first-order chi connectivity index (χ1) is 11.1. The molecule has 3 nitrogen and oxygen atoms in total. The molecule has 0 heterocycles. The van der Waals surface area contributed by atoms with E-state index in [1.807, 2.05) is 61.5 Å². The number of anilines is 1. The highest BCUT2D eigenvalue weighted by molar-refractivity contribution is 5.95. The first-order valence-electron chi connectivity index (χ1n) is 8.26. The number of carbonyl (C=O) groups excluding carboxylic acids is 1. The summed E-state index contributed by atoms with van der Waals surface area (Å²) in [5, 5.41) is 3.32. The fraction of sp³-hybridized carbons (Fsp3) is 0.350. The van der Waals surface area contributed by atoms with Gasteiger partial charge in [0, 0.05) is 25.3 Å². The highest BCUT2D eigenvalue weighted by atomic mass is 16.1. The number of benzene rings is 2. The SMILES string of the molecule is CN(C)c1ccc(C(=O)NC2(c3ccccc3)CCCC2)cc1. The summed E-state index contributed by atoms with van der Waals surface area (Å²) < 4.78 is 0. The number of hydrogen-bond acceptors (Lipinski definition) is 2. The van der Waals surface area contributed by atoms with Crippen molar-refractivity contribution in [2.24, 2.45) is 0 Å². The van der Waals surface area contributed by atoms with Gasteiger partial charge in [-0.05, 0) is 42.7 Å². The summed E-state index contributed by atoms with van der Waals surface area (Å²) in [6.45, 7) is 0. The van der Waals surface area contributed by atoms with Crippen LogP contribution in [0.2, 0.25) is 0 Å². The van der Waals surface area contributed by atoms with Crippen LogP contribution in [0.3, 0.4) is 0 Å². The number of hydrogen-bond donors (Lipinski definition) is 1. The van der Waals surface area contributed by atoms with Gasteiger partial charge in [-0.3, -0.25) is 4.79 Å². The summed E-state index contributed by atoms with van der Waals surface area (Å²) in [6.07, 6.45) is 4.35. The van der Waals surface area contributed by atoms with Crippen LogP contribution in [-0.2, 0) is 5.54 Å². The van der Waals surface area contributed by atoms with E-state index in [2.05, 4.69) is 17.4 Å². The van der Waals surface area contributed by atoms with Crippen LogP contribution in [0.5, 0.6) is 0 Å². The third kappa shape index (κ3) is 3.24. The minimum absolute atomic E-state index is 0.0149. The summed E-state index contributed by atoms with van der Waals surface area (Å²) in [7, 11) is 4.00. The second kappa shape index (κ2) is 6.45. The molecule has 1 aliphatic rings. The second-order valence-electron chi connectivity index (χ2n) is 6.55. The van der Waals surface area contributed by atoms with Gasteiger partial charge in [-0.25, -0.2) is 0 Å². The van der Waals surface area contributed by atoms with Crippen molar-refractivity contribution in [1.29, 1.82) is 0 Å². The van der Waals surface area contributed by atoms with Crippen LogP contribution in [-0.4, -0.2) is 20.0 Å². The zero-order valence-electron chi connectivity index (χ0n) is 13.9. The molecule has 23 heavy (non-hydrogen) atoms. The van der Waals surface area contributed by atoms with Crippen molar-refractivity contribution in [1.82, 2.24) is 5.32 Å². The van der Waals surface area contributed by atoms with E-state index in [4.69, 9.17) is 0 Å². The minimum atomic E-state index is -0.210. The molecule has 1 aliphatic carbocycles. The molecular weight excluding hydrogens is 284 g/mol. The van der Waals surface area contributed by atoms with Gasteiger partial charge in [0.1, 0.15) is 0 Å². The van der Waals surface area contributed by atoms with Crippen LogP contribution < -0.4 is 10.2 Å². The summed E-state index contributed by atoms with van der Waals surface area (Å²) in [4.78, 5) is 14.8. The lowest BCUT2D eigenvalue weighted by Gasteiger charge is -2.31. The molecule has 0 aromatic heterocycles. The van der Waals surface area contributed by atoms with Crippen LogP contribution in [0.4, 0.5) is 5.69 Å². The summed E-state index contributed by atoms with van der Waals surface area (Å²) >= 11 is 0. The van der Waals surface area contributed by atoms with Crippen molar-refractivity contribution in [2.45, 2.75) is 31.2 Å². The molecule has 0 unspecified atom stereocenters. The molecular formula is C20H24N2O. The average molecular weight is 308 g/mol. The van der Waals surface area contributed by atoms with E-state index in [1.165, 1.54) is 5.56 Å². The average Bonchev–Trinajstić information content (AvgIpc) is 3.05. The van der Waals surface area contributed by atoms with E-state index < -0.39 is 0 Å². The lowest BCUT2D eigenvalue weighted by Crippen LogP contribution is -2.43. The van der Waals surface area contributed by atoms with Crippen LogP contribution >= 0.6 is 0 Å². The van der Waals surface area contributed by atoms with Gasteiger partial charge in [0.05, 0.1) is 5.54 Å². The van der Waals surface area contributed by atoms with Crippen molar-refractivity contribution < 1.29 is 4.79 Å². The molecule has 0 aliphatic heterocycles. The Morgan fingerprint density at radius 1 is 0.957 bits per heavy atom. The van der Waals surface area contributed by atoms with Crippen molar-refractivity contribution >= 4 is 11.6 Å². The van der Waals surface area contributed by atoms with E-state index in [9.17, 15) is 4.79 Å². The van der Waals surface area contributed by atoms with Gasteiger partial charge in [0.25, 0.3) is 5.91 Å². The molecule has 120 valence electrons. The molecule has 0 spiro atoms. The van der Waals surface area contributed by atoms with E-state index >= 15 is 0 Å². The monoisotopic (exact) mass is 308 g/mol. The maximum absolute atomic E-state index is 12.7. The fourth-order valence-corrected chi connectivity index (χ4v) is 3.42. The fourth-order valence-electron chi connectivity index (χ4n) is 3.42. The maximum atomic E-state index is 12.7. The van der Waals surface area contributed by atoms with Crippen LogP contribution in [0, 0.1) is 0 Å². The molecule has 2 aromatic carbocycles. The minimum Gasteiger partial charge on any atom is -0.378 e. The molecule has 2 aromatic rings. The lowest BCUT2D eigenvalue weighted by molar-refractivity contribution is 0.0898. The van der Waals surface area contributed by atoms with Gasteiger partial charge in [-0.2, -0.15) is 0 Å². The topological polar surface area (TPSA) is 32.3 Å². The van der Waals surface area contributed by atoms with Crippen LogP contribution in [0.25, 0.3) is 0 Å². The number of carbonyl (C=O) groups is 1. The van der Waals surface area contributed by atoms with Gasteiger partial charge >= 0.3 is 0 Å². The third-order valence-corrected chi connectivity index (χ3v) is 4.78. The normalized spacial score (nSPS) is 16.1. The Kier molecular flexibility index (Phi) is 4.37. The molecule has 0 atom stereocenters. The van der Waals surface area contributed by atoms with Crippen molar-refractivity contribution in [3.63, 3.8) is 0 Å². The Morgan fingerprint density at radius 2 is 1.57 bits per heavy atom. The predicted molar refractivity (Wildman–Crippen MR) is 94.8 cm³/mol. The van der Waals surface area contributed by atoms with Gasteiger partial charge in [0.2, 0.25) is 0 Å². The van der Waals surface area contributed by atoms with Gasteiger partial charge in [0.15, 0.2) is 0 Å². The molecule has 3 heteroatoms. The quantitative estimate of drug-likeness (QED) is 0.927. The standard InChI is InChI=1S/C20H24N2O/c1-22(2)18-12-10-16(11-13-18)19(23)21-20(14-6-7-15-20)17-8-4-3-5-9-17/h3-5,8-13H,6-7,14-15H2,1-2H3,(H,21,23). The highest BCUT2D eigenvalue weighted by Gasteiger charge is 2.37. The van der Waals surface area contributed by atoms with Crippen molar-refractivity contribution in [3.8, 4) is 0 Å². The summed E-state index contributed by atoms with van der Waals surface area (Å²) in [5.41, 5.74) is 2.83. The number of nitrogens with zero attached hydrogens (tertiary/aromatic N) is 1. The van der Waals surface area contributed by atoms with E-state index in [1.54, 1.807) is 0 Å². The predicted octanol–water partition coefficient (Wildman–Crippen LogP) is 3.95.